The van der Waals surface area contributed by atoms with Gasteiger partial charge in [-0.25, -0.2) is 27.7 Å². The number of piperidine rings is 1. The topological polar surface area (TPSA) is 117 Å². The lowest BCUT2D eigenvalue weighted by molar-refractivity contribution is 0.0983. The summed E-state index contributed by atoms with van der Waals surface area (Å²) in [6, 6.07) is 10.6. The van der Waals surface area contributed by atoms with Crippen molar-refractivity contribution in [1.82, 2.24) is 24.7 Å². The van der Waals surface area contributed by atoms with Gasteiger partial charge in [0, 0.05) is 50.0 Å². The summed E-state index contributed by atoms with van der Waals surface area (Å²) in [6.07, 6.45) is 1.73. The van der Waals surface area contributed by atoms with Crippen molar-refractivity contribution in [1.29, 1.82) is 0 Å². The molecule has 44 heavy (non-hydrogen) atoms. The molecule has 0 radical (unpaired) electrons. The predicted octanol–water partition coefficient (Wildman–Crippen LogP) is 5.80. The molecule has 9 nitrogen and oxygen atoms in total. The molecule has 0 aliphatic carbocycles. The molecular weight excluding hydrogens is 573 g/mol. The van der Waals surface area contributed by atoms with Crippen molar-refractivity contribution in [3.63, 3.8) is 0 Å². The van der Waals surface area contributed by atoms with E-state index in [1.165, 1.54) is 4.90 Å². The predicted molar refractivity (Wildman–Crippen MR) is 162 cm³/mol. The van der Waals surface area contributed by atoms with Crippen LogP contribution >= 0.6 is 0 Å². The van der Waals surface area contributed by atoms with Crippen molar-refractivity contribution < 1.29 is 27.9 Å². The lowest BCUT2D eigenvalue weighted by Crippen LogP contribution is -2.53. The van der Waals surface area contributed by atoms with Crippen LogP contribution in [0.3, 0.4) is 0 Å². The van der Waals surface area contributed by atoms with Crippen molar-refractivity contribution in [3.8, 4) is 11.3 Å². The number of hydrogen-bond donors (Lipinski definition) is 3. The summed E-state index contributed by atoms with van der Waals surface area (Å²) in [6.45, 7) is 6.12. The Morgan fingerprint density at radius 1 is 1.14 bits per heavy atom. The Morgan fingerprint density at radius 2 is 1.82 bits per heavy atom. The fourth-order valence-corrected chi connectivity index (χ4v) is 5.58. The third-order valence-electron chi connectivity index (χ3n) is 7.88. The van der Waals surface area contributed by atoms with E-state index in [2.05, 4.69) is 5.32 Å². The maximum Gasteiger partial charge on any atom is 0.407 e. The van der Waals surface area contributed by atoms with Gasteiger partial charge in [0.25, 0.3) is 0 Å². The lowest BCUT2D eigenvalue weighted by atomic mass is 9.84. The molecule has 2 atom stereocenters. The molecule has 3 amide bonds. The van der Waals surface area contributed by atoms with Crippen molar-refractivity contribution in [2.75, 3.05) is 26.3 Å². The number of nitrogens with two attached hydrogens (primary N) is 1. The quantitative estimate of drug-likeness (QED) is 0.267. The first kappa shape index (κ1) is 32.8. The van der Waals surface area contributed by atoms with Crippen LogP contribution < -0.4 is 11.1 Å². The van der Waals surface area contributed by atoms with Gasteiger partial charge in [-0.2, -0.15) is 0 Å². The first-order chi connectivity index (χ1) is 20.9. The van der Waals surface area contributed by atoms with Crippen LogP contribution in [0.25, 0.3) is 11.3 Å². The van der Waals surface area contributed by atoms with Gasteiger partial charge in [-0.1, -0.05) is 51.1 Å². The van der Waals surface area contributed by atoms with Crippen molar-refractivity contribution >= 4 is 12.1 Å². The molecule has 1 aliphatic heterocycles. The molecule has 1 aromatic heterocycles. The SMILES string of the molecule is CC(C)(C)[C@H](c1nc(-c2cc(F)ccc2F)cn1Cc1ccccc1)N(CC[C@H](N)CF)C(=O)NC1CCN(C(=O)O)CC1. The molecule has 2 heterocycles. The number of amides is 3. The number of urea groups is 1. The summed E-state index contributed by atoms with van der Waals surface area (Å²) >= 11 is 0. The second-order valence-electron chi connectivity index (χ2n) is 12.4. The van der Waals surface area contributed by atoms with Gasteiger partial charge in [0.2, 0.25) is 0 Å². The van der Waals surface area contributed by atoms with Crippen LogP contribution in [-0.4, -0.2) is 75.0 Å². The number of carbonyl (C=O) groups excluding carboxylic acids is 1. The Hall–Kier alpha value is -4.06. The second kappa shape index (κ2) is 14.1. The normalized spacial score (nSPS) is 15.6. The number of likely N-dealkylation sites (tertiary alicyclic amines) is 1. The number of carboxylic acid groups (broad SMARTS) is 1. The molecule has 1 saturated heterocycles. The Morgan fingerprint density at radius 3 is 2.43 bits per heavy atom. The summed E-state index contributed by atoms with van der Waals surface area (Å²) in [5, 5.41) is 12.4. The van der Waals surface area contributed by atoms with E-state index in [1.54, 1.807) is 11.1 Å². The van der Waals surface area contributed by atoms with Gasteiger partial charge in [-0.15, -0.1) is 0 Å². The number of rotatable bonds is 10. The van der Waals surface area contributed by atoms with E-state index in [4.69, 9.17) is 10.7 Å². The maximum atomic E-state index is 15.0. The highest BCUT2D eigenvalue weighted by Gasteiger charge is 2.39. The van der Waals surface area contributed by atoms with Gasteiger partial charge in [-0.05, 0) is 48.4 Å². The zero-order valence-electron chi connectivity index (χ0n) is 25.3. The van der Waals surface area contributed by atoms with Crippen molar-refractivity contribution in [2.24, 2.45) is 11.1 Å². The molecule has 1 aliphatic rings. The molecule has 0 spiro atoms. The summed E-state index contributed by atoms with van der Waals surface area (Å²) < 4.78 is 44.5. The Bertz CT molecular complexity index is 1420. The number of hydrogen-bond acceptors (Lipinski definition) is 4. The molecule has 0 unspecified atom stereocenters. The molecule has 4 rings (SSSR count). The van der Waals surface area contributed by atoms with Crippen LogP contribution in [0.2, 0.25) is 0 Å². The molecule has 0 bridgehead atoms. The van der Waals surface area contributed by atoms with Crippen LogP contribution in [0.4, 0.5) is 22.8 Å². The molecule has 238 valence electrons. The molecule has 1 fully saturated rings. The van der Waals surface area contributed by atoms with Gasteiger partial charge in [0.05, 0.1) is 11.7 Å². The first-order valence-electron chi connectivity index (χ1n) is 14.8. The van der Waals surface area contributed by atoms with E-state index in [-0.39, 0.29) is 30.3 Å². The van der Waals surface area contributed by atoms with Gasteiger partial charge < -0.3 is 30.5 Å². The number of nitrogens with one attached hydrogen (secondary N) is 1. The largest absolute Gasteiger partial charge is 0.465 e. The summed E-state index contributed by atoms with van der Waals surface area (Å²) in [7, 11) is 0. The Kier molecular flexibility index (Phi) is 10.6. The van der Waals surface area contributed by atoms with E-state index in [0.29, 0.717) is 38.3 Å². The van der Waals surface area contributed by atoms with Crippen LogP contribution in [0.1, 0.15) is 57.5 Å². The number of carbonyl (C=O) groups is 2. The number of imidazole rings is 1. The molecular formula is C32H41F3N6O3. The minimum Gasteiger partial charge on any atom is -0.465 e. The van der Waals surface area contributed by atoms with Gasteiger partial charge >= 0.3 is 12.1 Å². The number of benzene rings is 2. The average molecular weight is 615 g/mol. The highest BCUT2D eigenvalue weighted by atomic mass is 19.1. The van der Waals surface area contributed by atoms with Crippen molar-refractivity contribution in [3.05, 3.63) is 77.8 Å². The molecule has 4 N–H and O–H groups in total. The van der Waals surface area contributed by atoms with Crippen LogP contribution in [0.5, 0.6) is 0 Å². The van der Waals surface area contributed by atoms with E-state index < -0.39 is 47.9 Å². The Balaban J connectivity index is 1.77. The summed E-state index contributed by atoms with van der Waals surface area (Å²) in [5.74, 6) is -0.793. The van der Waals surface area contributed by atoms with Gasteiger partial charge in [0.15, 0.2) is 0 Å². The third-order valence-corrected chi connectivity index (χ3v) is 7.88. The van der Waals surface area contributed by atoms with Crippen LogP contribution in [0.15, 0.2) is 54.7 Å². The minimum absolute atomic E-state index is 0.00800. The lowest BCUT2D eigenvalue weighted by Gasteiger charge is -2.41. The van der Waals surface area contributed by atoms with E-state index >= 15 is 0 Å². The highest BCUT2D eigenvalue weighted by molar-refractivity contribution is 5.75. The van der Waals surface area contributed by atoms with Gasteiger partial charge in [-0.3, -0.25) is 0 Å². The summed E-state index contributed by atoms with van der Waals surface area (Å²) in [5.41, 5.74) is 6.46. The average Bonchev–Trinajstić information content (AvgIpc) is 3.38. The van der Waals surface area contributed by atoms with E-state index in [9.17, 15) is 27.9 Å². The number of aromatic nitrogens is 2. The monoisotopic (exact) mass is 614 g/mol. The Labute approximate surface area is 255 Å². The van der Waals surface area contributed by atoms with Gasteiger partial charge in [0.1, 0.15) is 24.1 Å². The minimum atomic E-state index is -1.000. The molecule has 12 heteroatoms. The van der Waals surface area contributed by atoms with E-state index in [1.807, 2.05) is 55.7 Å². The molecule has 0 saturated carbocycles. The van der Waals surface area contributed by atoms with Crippen LogP contribution in [-0.2, 0) is 6.54 Å². The summed E-state index contributed by atoms with van der Waals surface area (Å²) in [4.78, 5) is 33.1. The number of alkyl halides is 1. The first-order valence-corrected chi connectivity index (χ1v) is 14.8. The second-order valence-corrected chi connectivity index (χ2v) is 12.4. The van der Waals surface area contributed by atoms with Crippen LogP contribution in [0, 0.1) is 17.0 Å². The number of halogens is 3. The van der Waals surface area contributed by atoms with E-state index in [0.717, 1.165) is 23.8 Å². The fraction of sp³-hybridized carbons (Fsp3) is 0.469. The van der Waals surface area contributed by atoms with Crippen molar-refractivity contribution in [2.45, 2.75) is 64.7 Å². The maximum absolute atomic E-state index is 15.0. The zero-order chi connectivity index (χ0) is 32.0. The highest BCUT2D eigenvalue weighted by Crippen LogP contribution is 2.39. The number of nitrogens with zero attached hydrogens (tertiary/aromatic N) is 4. The molecule has 2 aromatic carbocycles. The standard InChI is InChI=1S/C32H41F3N6O3/c1-32(2,3)28(41(16-11-23(36)18-33)30(42)37-24-12-14-39(15-13-24)31(43)44)29-38-27(25-17-22(34)9-10-26(25)35)20-40(29)19-21-7-5-4-6-8-21/h4-10,17,20,23-24,28H,11-16,18-19,36H2,1-3H3,(H,37,42)(H,43,44)/t23-,28-/m0/s1. The third kappa shape index (κ3) is 8.10. The molecule has 3 aromatic rings. The smallest absolute Gasteiger partial charge is 0.407 e. The fourth-order valence-electron chi connectivity index (χ4n) is 5.58. The zero-order valence-corrected chi connectivity index (χ0v) is 25.3.